The molecule has 1 fully saturated rings. The Morgan fingerprint density at radius 2 is 1.92 bits per heavy atom. The molecule has 0 radical (unpaired) electrons. The average Bonchev–Trinajstić information content (AvgIpc) is 2.62. The van der Waals surface area contributed by atoms with E-state index in [0.29, 0.717) is 29.5 Å². The molecule has 1 aromatic carbocycles. The molecule has 25 heavy (non-hydrogen) atoms. The van der Waals surface area contributed by atoms with Gasteiger partial charge in [0.1, 0.15) is 5.75 Å². The predicted molar refractivity (Wildman–Crippen MR) is 97.9 cm³/mol. The number of hydrogen-bond acceptors (Lipinski definition) is 4. The number of unbranched alkanes of at least 4 members (excludes halogenated alkanes) is 1. The van der Waals surface area contributed by atoms with Gasteiger partial charge in [0.15, 0.2) is 0 Å². The highest BCUT2D eigenvalue weighted by molar-refractivity contribution is 6.02. The monoisotopic (exact) mass is 347 g/mol. The summed E-state index contributed by atoms with van der Waals surface area (Å²) in [6.07, 6.45) is 5.94. The lowest BCUT2D eigenvalue weighted by Crippen LogP contribution is -2.27. The van der Waals surface area contributed by atoms with Gasteiger partial charge in [-0.2, -0.15) is 0 Å². The lowest BCUT2D eigenvalue weighted by Gasteiger charge is -2.25. The van der Waals surface area contributed by atoms with Gasteiger partial charge in [-0.3, -0.25) is 4.79 Å². The summed E-state index contributed by atoms with van der Waals surface area (Å²) in [5, 5.41) is 2.91. The predicted octanol–water partition coefficient (Wildman–Crippen LogP) is 4.42. The van der Waals surface area contributed by atoms with Gasteiger partial charge < -0.3 is 14.8 Å². The van der Waals surface area contributed by atoms with Crippen LogP contribution in [0.1, 0.15) is 62.7 Å². The lowest BCUT2D eigenvalue weighted by atomic mass is 9.82. The third kappa shape index (κ3) is 5.48. The molecule has 1 saturated carbocycles. The van der Waals surface area contributed by atoms with Crippen LogP contribution in [0.5, 0.6) is 5.75 Å². The van der Waals surface area contributed by atoms with E-state index in [0.717, 1.165) is 38.5 Å². The van der Waals surface area contributed by atoms with Crippen LogP contribution < -0.4 is 10.1 Å². The number of rotatable bonds is 7. The number of methoxy groups -OCH3 is 1. The Bertz CT molecular complexity index is 591. The van der Waals surface area contributed by atoms with Crippen molar-refractivity contribution in [2.75, 3.05) is 19.0 Å². The Balaban J connectivity index is 2.10. The highest BCUT2D eigenvalue weighted by Crippen LogP contribution is 2.30. The first-order chi connectivity index (χ1) is 12.0. The molecule has 1 aliphatic rings. The minimum absolute atomic E-state index is 0.0159. The topological polar surface area (TPSA) is 64.6 Å². The maximum Gasteiger partial charge on any atom is 0.340 e. The molecule has 0 saturated heterocycles. The number of ether oxygens (including phenoxy) is 2. The zero-order valence-electron chi connectivity index (χ0n) is 15.5. The van der Waals surface area contributed by atoms with Crippen LogP contribution in [0, 0.1) is 11.8 Å². The van der Waals surface area contributed by atoms with E-state index in [-0.39, 0.29) is 11.8 Å². The van der Waals surface area contributed by atoms with E-state index in [1.54, 1.807) is 18.2 Å². The molecule has 0 aliphatic heterocycles. The highest BCUT2D eigenvalue weighted by atomic mass is 16.5. The molecule has 5 heteroatoms. The smallest absolute Gasteiger partial charge is 0.340 e. The fraction of sp³-hybridized carbons (Fsp3) is 0.600. The molecule has 138 valence electrons. The molecule has 0 bridgehead atoms. The van der Waals surface area contributed by atoms with E-state index < -0.39 is 5.97 Å². The van der Waals surface area contributed by atoms with Gasteiger partial charge >= 0.3 is 5.97 Å². The summed E-state index contributed by atoms with van der Waals surface area (Å²) in [7, 11) is 1.33. The second-order valence-corrected chi connectivity index (χ2v) is 6.85. The standard InChI is InChI=1S/C20H29NO4/c1-4-5-12-25-16-10-11-18(17(13-16)20(23)24-3)21-19(22)15-8-6-14(2)7-9-15/h10-11,13-15H,4-9,12H2,1-3H3,(H,21,22)/t14-,15-. The molecule has 0 heterocycles. The van der Waals surface area contributed by atoms with Gasteiger partial charge in [0.05, 0.1) is 25.0 Å². The number of carbonyl (C=O) groups excluding carboxylic acids is 2. The van der Waals surface area contributed by atoms with Crippen molar-refractivity contribution >= 4 is 17.6 Å². The van der Waals surface area contributed by atoms with Gasteiger partial charge in [0, 0.05) is 5.92 Å². The van der Waals surface area contributed by atoms with Crippen molar-refractivity contribution in [3.8, 4) is 5.75 Å². The first-order valence-corrected chi connectivity index (χ1v) is 9.21. The number of anilines is 1. The molecule has 5 nitrogen and oxygen atoms in total. The third-order valence-electron chi connectivity index (χ3n) is 4.81. The molecule has 0 unspecified atom stereocenters. The normalized spacial score (nSPS) is 20.0. The first-order valence-electron chi connectivity index (χ1n) is 9.21. The molecular formula is C20H29NO4. The van der Waals surface area contributed by atoms with E-state index in [2.05, 4.69) is 19.2 Å². The summed E-state index contributed by atoms with van der Waals surface area (Å²) in [4.78, 5) is 24.6. The van der Waals surface area contributed by atoms with Gasteiger partial charge in [-0.1, -0.05) is 20.3 Å². The number of nitrogens with one attached hydrogen (secondary N) is 1. The number of carbonyl (C=O) groups is 2. The summed E-state index contributed by atoms with van der Waals surface area (Å²) < 4.78 is 10.5. The van der Waals surface area contributed by atoms with E-state index >= 15 is 0 Å². The van der Waals surface area contributed by atoms with Crippen molar-refractivity contribution in [2.24, 2.45) is 11.8 Å². The van der Waals surface area contributed by atoms with Crippen molar-refractivity contribution in [2.45, 2.75) is 52.4 Å². The quantitative estimate of drug-likeness (QED) is 0.586. The second-order valence-electron chi connectivity index (χ2n) is 6.85. The summed E-state index contributed by atoms with van der Waals surface area (Å²) in [5.41, 5.74) is 0.812. The number of amides is 1. The van der Waals surface area contributed by atoms with Crippen LogP contribution in [-0.2, 0) is 9.53 Å². The van der Waals surface area contributed by atoms with Crippen LogP contribution in [0.2, 0.25) is 0 Å². The van der Waals surface area contributed by atoms with Crippen LogP contribution in [-0.4, -0.2) is 25.6 Å². The van der Waals surface area contributed by atoms with Gasteiger partial charge in [-0.05, 0) is 56.2 Å². The van der Waals surface area contributed by atoms with E-state index in [4.69, 9.17) is 9.47 Å². The fourth-order valence-electron chi connectivity index (χ4n) is 3.09. The Hall–Kier alpha value is -2.04. The molecule has 2 rings (SSSR count). The molecule has 0 atom stereocenters. The fourth-order valence-corrected chi connectivity index (χ4v) is 3.09. The molecule has 0 spiro atoms. The van der Waals surface area contributed by atoms with Crippen LogP contribution in [0.3, 0.4) is 0 Å². The van der Waals surface area contributed by atoms with Crippen LogP contribution in [0.15, 0.2) is 18.2 Å². The maximum absolute atomic E-state index is 12.5. The van der Waals surface area contributed by atoms with Crippen LogP contribution >= 0.6 is 0 Å². The summed E-state index contributed by atoms with van der Waals surface area (Å²) in [6, 6.07) is 5.14. The second kappa shape index (κ2) is 9.44. The zero-order valence-corrected chi connectivity index (χ0v) is 15.5. The molecule has 1 aliphatic carbocycles. The summed E-state index contributed by atoms with van der Waals surface area (Å²) in [6.45, 7) is 4.91. The average molecular weight is 347 g/mol. The zero-order chi connectivity index (χ0) is 18.2. The molecule has 1 amide bonds. The SMILES string of the molecule is CCCCOc1ccc(NC(=O)[C@H]2CC[C@H](C)CC2)c(C(=O)OC)c1. The Kier molecular flexibility index (Phi) is 7.29. The third-order valence-corrected chi connectivity index (χ3v) is 4.81. The maximum atomic E-state index is 12.5. The van der Waals surface area contributed by atoms with Crippen molar-refractivity contribution in [1.29, 1.82) is 0 Å². The van der Waals surface area contributed by atoms with Gasteiger partial charge in [0.2, 0.25) is 5.91 Å². The van der Waals surface area contributed by atoms with Crippen molar-refractivity contribution in [3.05, 3.63) is 23.8 Å². The number of esters is 1. The van der Waals surface area contributed by atoms with Crippen LogP contribution in [0.4, 0.5) is 5.69 Å². The minimum Gasteiger partial charge on any atom is -0.494 e. The number of benzene rings is 1. The van der Waals surface area contributed by atoms with E-state index in [1.807, 2.05) is 0 Å². The van der Waals surface area contributed by atoms with Gasteiger partial charge in [-0.15, -0.1) is 0 Å². The first kappa shape index (κ1) is 19.3. The van der Waals surface area contributed by atoms with Crippen molar-refractivity contribution in [1.82, 2.24) is 0 Å². The highest BCUT2D eigenvalue weighted by Gasteiger charge is 2.25. The van der Waals surface area contributed by atoms with E-state index in [1.165, 1.54) is 7.11 Å². The molecule has 1 N–H and O–H groups in total. The molecule has 1 aromatic rings. The van der Waals surface area contributed by atoms with Gasteiger partial charge in [-0.25, -0.2) is 4.79 Å². The largest absolute Gasteiger partial charge is 0.494 e. The Morgan fingerprint density at radius 3 is 2.56 bits per heavy atom. The van der Waals surface area contributed by atoms with Crippen molar-refractivity contribution < 1.29 is 19.1 Å². The van der Waals surface area contributed by atoms with E-state index in [9.17, 15) is 9.59 Å². The minimum atomic E-state index is -0.478. The summed E-state index contributed by atoms with van der Waals surface area (Å²) >= 11 is 0. The molecule has 0 aromatic heterocycles. The van der Waals surface area contributed by atoms with Crippen LogP contribution in [0.25, 0.3) is 0 Å². The van der Waals surface area contributed by atoms with Crippen molar-refractivity contribution in [3.63, 3.8) is 0 Å². The molecular weight excluding hydrogens is 318 g/mol. The lowest BCUT2D eigenvalue weighted by molar-refractivity contribution is -0.121. The van der Waals surface area contributed by atoms with Gasteiger partial charge in [0.25, 0.3) is 0 Å². The number of hydrogen-bond donors (Lipinski definition) is 1. The summed E-state index contributed by atoms with van der Waals surface area (Å²) in [5.74, 6) is 0.819. The Morgan fingerprint density at radius 1 is 1.20 bits per heavy atom. The Labute approximate surface area is 150 Å².